The number of allylic oxidation sites excluding steroid dienone is 5. The molecule has 0 unspecified atom stereocenters. The molecule has 0 spiro atoms. The molecule has 1 rings (SSSR count). The van der Waals surface area contributed by atoms with Crippen molar-refractivity contribution in [3.05, 3.63) is 65.3 Å². The molecule has 1 aromatic rings. The highest BCUT2D eigenvalue weighted by Crippen LogP contribution is 2.20. The highest BCUT2D eigenvalue weighted by atomic mass is 14.0. The number of hydrogen-bond acceptors (Lipinski definition) is 0. The second-order valence-electron chi connectivity index (χ2n) is 4.27. The summed E-state index contributed by atoms with van der Waals surface area (Å²) in [5.74, 6) is 0. The van der Waals surface area contributed by atoms with Gasteiger partial charge in [-0.1, -0.05) is 54.1 Å². The zero-order valence-corrected chi connectivity index (χ0v) is 10.7. The molecule has 0 amide bonds. The van der Waals surface area contributed by atoms with Crippen molar-refractivity contribution in [1.29, 1.82) is 0 Å². The highest BCUT2D eigenvalue weighted by molar-refractivity contribution is 5.69. The number of aryl methyl sites for hydroxylation is 1. The van der Waals surface area contributed by atoms with Crippen molar-refractivity contribution in [2.24, 2.45) is 0 Å². The van der Waals surface area contributed by atoms with Crippen LogP contribution in [0.5, 0.6) is 0 Å². The quantitative estimate of drug-likeness (QED) is 0.624. The van der Waals surface area contributed by atoms with Crippen LogP contribution in [0.1, 0.15) is 31.9 Å². The summed E-state index contributed by atoms with van der Waals surface area (Å²) in [5.41, 5.74) is 6.40. The first-order chi connectivity index (χ1) is 7.54. The zero-order chi connectivity index (χ0) is 12.1. The third kappa shape index (κ3) is 3.23. The molecule has 0 heteroatoms. The van der Waals surface area contributed by atoms with Crippen molar-refractivity contribution < 1.29 is 0 Å². The molecule has 0 aliphatic rings. The third-order valence-electron chi connectivity index (χ3n) is 2.84. The molecule has 0 saturated heterocycles. The summed E-state index contributed by atoms with van der Waals surface area (Å²) in [6, 6.07) is 8.64. The molecule has 0 bridgehead atoms. The van der Waals surface area contributed by atoms with Gasteiger partial charge >= 0.3 is 0 Å². The maximum Gasteiger partial charge on any atom is -0.0225 e. The second kappa shape index (κ2) is 5.50. The van der Waals surface area contributed by atoms with E-state index in [0.717, 1.165) is 0 Å². The molecule has 0 aliphatic heterocycles. The molecule has 0 atom stereocenters. The van der Waals surface area contributed by atoms with E-state index in [2.05, 4.69) is 64.6 Å². The zero-order valence-electron chi connectivity index (χ0n) is 10.7. The van der Waals surface area contributed by atoms with Crippen LogP contribution < -0.4 is 0 Å². The Labute approximate surface area is 99.0 Å². The van der Waals surface area contributed by atoms with Crippen LogP contribution in [0.2, 0.25) is 0 Å². The maximum absolute atomic E-state index is 3.77. The fourth-order valence-electron chi connectivity index (χ4n) is 1.54. The highest BCUT2D eigenvalue weighted by Gasteiger charge is 1.98. The first-order valence-electron chi connectivity index (χ1n) is 5.60. The van der Waals surface area contributed by atoms with Gasteiger partial charge in [0, 0.05) is 0 Å². The molecule has 1 aromatic carbocycles. The largest absolute Gasteiger partial charge is 0.0988 e. The number of rotatable bonds is 3. The van der Waals surface area contributed by atoms with Gasteiger partial charge in [0.2, 0.25) is 0 Å². The Balaban J connectivity index is 3.08. The summed E-state index contributed by atoms with van der Waals surface area (Å²) in [4.78, 5) is 0. The summed E-state index contributed by atoms with van der Waals surface area (Å²) in [5, 5.41) is 0. The van der Waals surface area contributed by atoms with Gasteiger partial charge in [-0.25, -0.2) is 0 Å². The molecule has 84 valence electrons. The van der Waals surface area contributed by atoms with Crippen LogP contribution in [-0.2, 0) is 0 Å². The summed E-state index contributed by atoms with van der Waals surface area (Å²) in [6.45, 7) is 12.2. The van der Waals surface area contributed by atoms with Gasteiger partial charge < -0.3 is 0 Å². The van der Waals surface area contributed by atoms with E-state index in [1.54, 1.807) is 0 Å². The van der Waals surface area contributed by atoms with Crippen LogP contribution in [0.15, 0.2) is 54.1 Å². The van der Waals surface area contributed by atoms with Crippen LogP contribution in [0.3, 0.4) is 0 Å². The summed E-state index contributed by atoms with van der Waals surface area (Å²) < 4.78 is 0. The van der Waals surface area contributed by atoms with E-state index in [4.69, 9.17) is 0 Å². The predicted octanol–water partition coefficient (Wildman–Crippen LogP) is 4.92. The SMILES string of the molecule is C=C/C(C)=C\C(C)=C(/C)c1ccc(C)cc1. The molecular weight excluding hydrogens is 192 g/mol. The number of benzene rings is 1. The van der Waals surface area contributed by atoms with Crippen LogP contribution in [-0.4, -0.2) is 0 Å². The van der Waals surface area contributed by atoms with Gasteiger partial charge in [0.15, 0.2) is 0 Å². The lowest BCUT2D eigenvalue weighted by Gasteiger charge is -2.06. The van der Waals surface area contributed by atoms with Gasteiger partial charge in [-0.2, -0.15) is 0 Å². The van der Waals surface area contributed by atoms with E-state index in [1.807, 2.05) is 6.08 Å². The first kappa shape index (κ1) is 12.5. The van der Waals surface area contributed by atoms with Gasteiger partial charge in [0.05, 0.1) is 0 Å². The van der Waals surface area contributed by atoms with Crippen LogP contribution in [0.25, 0.3) is 5.57 Å². The third-order valence-corrected chi connectivity index (χ3v) is 2.84. The van der Waals surface area contributed by atoms with E-state index in [0.29, 0.717) is 0 Å². The minimum atomic E-state index is 1.20. The Morgan fingerprint density at radius 2 is 1.62 bits per heavy atom. The predicted molar refractivity (Wildman–Crippen MR) is 73.4 cm³/mol. The van der Waals surface area contributed by atoms with E-state index >= 15 is 0 Å². The van der Waals surface area contributed by atoms with Crippen LogP contribution >= 0.6 is 0 Å². The van der Waals surface area contributed by atoms with Crippen molar-refractivity contribution in [3.8, 4) is 0 Å². The molecule has 0 heterocycles. The van der Waals surface area contributed by atoms with Gasteiger partial charge in [0.1, 0.15) is 0 Å². The maximum atomic E-state index is 3.77. The van der Waals surface area contributed by atoms with E-state index in [9.17, 15) is 0 Å². The average molecular weight is 212 g/mol. The standard InChI is InChI=1S/C16H20/c1-6-12(2)11-14(4)15(5)16-9-7-13(3)8-10-16/h6-11H,1H2,2-5H3/b12-11-,15-14+. The van der Waals surface area contributed by atoms with E-state index in [1.165, 1.54) is 27.8 Å². The van der Waals surface area contributed by atoms with Crippen molar-refractivity contribution in [2.75, 3.05) is 0 Å². The van der Waals surface area contributed by atoms with E-state index < -0.39 is 0 Å². The van der Waals surface area contributed by atoms with Crippen LogP contribution in [0.4, 0.5) is 0 Å². The summed E-state index contributed by atoms with van der Waals surface area (Å²) in [6.07, 6.45) is 4.05. The summed E-state index contributed by atoms with van der Waals surface area (Å²) in [7, 11) is 0. The van der Waals surface area contributed by atoms with Gasteiger partial charge in [-0.15, -0.1) is 0 Å². The summed E-state index contributed by atoms with van der Waals surface area (Å²) >= 11 is 0. The van der Waals surface area contributed by atoms with Gasteiger partial charge in [-0.05, 0) is 44.4 Å². The minimum Gasteiger partial charge on any atom is -0.0988 e. The Kier molecular flexibility index (Phi) is 4.30. The fraction of sp³-hybridized carbons (Fsp3) is 0.250. The average Bonchev–Trinajstić information content (AvgIpc) is 2.28. The molecular formula is C16H20. The monoisotopic (exact) mass is 212 g/mol. The molecule has 0 nitrogen and oxygen atoms in total. The molecule has 0 aliphatic carbocycles. The topological polar surface area (TPSA) is 0 Å². The van der Waals surface area contributed by atoms with E-state index in [-0.39, 0.29) is 0 Å². The second-order valence-corrected chi connectivity index (χ2v) is 4.27. The molecule has 0 N–H and O–H groups in total. The molecule has 0 saturated carbocycles. The Bertz CT molecular complexity index is 428. The molecule has 0 radical (unpaired) electrons. The number of hydrogen-bond donors (Lipinski definition) is 0. The normalized spacial score (nSPS) is 13.4. The van der Waals surface area contributed by atoms with Crippen molar-refractivity contribution in [2.45, 2.75) is 27.7 Å². The lowest BCUT2D eigenvalue weighted by Crippen LogP contribution is -1.84. The Morgan fingerprint density at radius 3 is 2.12 bits per heavy atom. The lowest BCUT2D eigenvalue weighted by atomic mass is 10.00. The van der Waals surface area contributed by atoms with Crippen molar-refractivity contribution in [3.63, 3.8) is 0 Å². The fourth-order valence-corrected chi connectivity index (χ4v) is 1.54. The smallest absolute Gasteiger partial charge is 0.0225 e. The van der Waals surface area contributed by atoms with Gasteiger partial charge in [0.25, 0.3) is 0 Å². The lowest BCUT2D eigenvalue weighted by molar-refractivity contribution is 1.39. The Morgan fingerprint density at radius 1 is 1.06 bits per heavy atom. The Hall–Kier alpha value is -1.56. The molecule has 0 aromatic heterocycles. The van der Waals surface area contributed by atoms with Crippen molar-refractivity contribution in [1.82, 2.24) is 0 Å². The first-order valence-corrected chi connectivity index (χ1v) is 5.60. The van der Waals surface area contributed by atoms with Crippen molar-refractivity contribution >= 4 is 5.57 Å². The van der Waals surface area contributed by atoms with Crippen LogP contribution in [0, 0.1) is 6.92 Å². The molecule has 0 fully saturated rings. The molecule has 16 heavy (non-hydrogen) atoms. The minimum absolute atomic E-state index is 1.20. The van der Waals surface area contributed by atoms with Gasteiger partial charge in [-0.3, -0.25) is 0 Å².